The lowest BCUT2D eigenvalue weighted by atomic mass is 9.45. The number of halogens is 2. The van der Waals surface area contributed by atoms with Crippen molar-refractivity contribution in [3.05, 3.63) is 48.0 Å². The van der Waals surface area contributed by atoms with Gasteiger partial charge in [-0.15, -0.1) is 23.2 Å². The third-order valence-electron chi connectivity index (χ3n) is 9.69. The molecule has 7 nitrogen and oxygen atoms in total. The van der Waals surface area contributed by atoms with E-state index in [2.05, 4.69) is 0 Å². The van der Waals surface area contributed by atoms with Crippen LogP contribution in [0.25, 0.3) is 0 Å². The van der Waals surface area contributed by atoms with E-state index in [4.69, 9.17) is 32.4 Å². The molecule has 0 amide bonds. The average Bonchev–Trinajstić information content (AvgIpc) is 3.42. The number of aliphatic hydroxyl groups is 1. The summed E-state index contributed by atoms with van der Waals surface area (Å²) in [6.07, 6.45) is 7.44. The van der Waals surface area contributed by atoms with Crippen LogP contribution in [0.3, 0.4) is 0 Å². The molecule has 0 unspecified atom stereocenters. The maximum Gasteiger partial charge on any atom is 0.375 e. The van der Waals surface area contributed by atoms with E-state index in [-0.39, 0.29) is 52.9 Å². The maximum absolute atomic E-state index is 13.6. The first-order chi connectivity index (χ1) is 16.5. The first-order valence-corrected chi connectivity index (χ1v) is 13.0. The van der Waals surface area contributed by atoms with E-state index in [1.807, 2.05) is 26.8 Å². The fraction of sp³-hybridized carbons (Fsp3) is 0.593. The summed E-state index contributed by atoms with van der Waals surface area (Å²) in [4.78, 5) is 37.7. The monoisotopic (exact) mass is 538 g/mol. The molecule has 5 rings (SSSR count). The largest absolute Gasteiger partial charge is 0.457 e. The maximum atomic E-state index is 13.6. The van der Waals surface area contributed by atoms with Crippen molar-refractivity contribution in [3.8, 4) is 0 Å². The second-order valence-corrected chi connectivity index (χ2v) is 12.0. The molecule has 1 aromatic rings. The first-order valence-electron chi connectivity index (χ1n) is 12.1. The Labute approximate surface area is 220 Å². The minimum Gasteiger partial charge on any atom is -0.457 e. The number of ketones is 2. The standard InChI is InChI=1S/C27H30Cl2O6.H2O/c1-15-11-19-18-7-6-16-12-17(30)8-9-24(16,2)26(18,29)21(31)13-25(19,3)27(15,22(32)14-28)35-23(33)20-5-4-10-34-20;/h4-5,8-10,12,15,18-19,21,31H,6-7,11,13-14H2,1-3H3;1H2/t15-,18+,19+,21+,24+,25+,26+,27+;/m0./s1. The van der Waals surface area contributed by atoms with Crippen molar-refractivity contribution >= 4 is 40.7 Å². The number of rotatable bonds is 4. The number of Topliss-reactive ketones (excluding diaryl/α,β-unsaturated/α-hetero) is 1. The van der Waals surface area contributed by atoms with Gasteiger partial charge in [0.05, 0.1) is 23.1 Å². The number of aliphatic hydroxyl groups excluding tert-OH is 1. The van der Waals surface area contributed by atoms with Crippen LogP contribution in [0.4, 0.5) is 0 Å². The van der Waals surface area contributed by atoms with Gasteiger partial charge in [0.15, 0.2) is 17.2 Å². The van der Waals surface area contributed by atoms with E-state index >= 15 is 0 Å². The van der Waals surface area contributed by atoms with Crippen molar-refractivity contribution in [1.29, 1.82) is 0 Å². The molecule has 3 saturated carbocycles. The van der Waals surface area contributed by atoms with Crippen molar-refractivity contribution in [2.45, 2.75) is 63.0 Å². The Morgan fingerprint density at radius 3 is 2.64 bits per heavy atom. The lowest BCUT2D eigenvalue weighted by Crippen LogP contribution is -2.69. The van der Waals surface area contributed by atoms with Crippen LogP contribution < -0.4 is 0 Å². The Bertz CT molecular complexity index is 1140. The number of allylic oxidation sites excluding steroid dienone is 4. The second-order valence-electron chi connectivity index (χ2n) is 11.1. The molecule has 3 N–H and O–H groups in total. The normalized spacial score (nSPS) is 42.9. The quantitative estimate of drug-likeness (QED) is 0.455. The lowest BCUT2D eigenvalue weighted by Gasteiger charge is -2.64. The zero-order valence-electron chi connectivity index (χ0n) is 20.6. The van der Waals surface area contributed by atoms with E-state index in [0.29, 0.717) is 19.3 Å². The number of furan rings is 1. The second kappa shape index (κ2) is 8.83. The predicted octanol–water partition coefficient (Wildman–Crippen LogP) is 4.04. The number of carbonyl (C=O) groups excluding carboxylic acids is 3. The average molecular weight is 539 g/mol. The number of esters is 1. The molecule has 1 heterocycles. The summed E-state index contributed by atoms with van der Waals surface area (Å²) in [7, 11) is 0. The third kappa shape index (κ3) is 3.22. The molecular weight excluding hydrogens is 507 g/mol. The molecule has 0 aromatic carbocycles. The Kier molecular flexibility index (Phi) is 6.65. The summed E-state index contributed by atoms with van der Waals surface area (Å²) in [6.45, 7) is 5.81. The third-order valence-corrected chi connectivity index (χ3v) is 10.9. The fourth-order valence-corrected chi connectivity index (χ4v) is 8.81. The predicted molar refractivity (Wildman–Crippen MR) is 134 cm³/mol. The molecule has 0 saturated heterocycles. The van der Waals surface area contributed by atoms with Gasteiger partial charge in [0.1, 0.15) is 0 Å². The van der Waals surface area contributed by atoms with E-state index < -0.39 is 33.4 Å². The zero-order valence-corrected chi connectivity index (χ0v) is 22.1. The highest BCUT2D eigenvalue weighted by Crippen LogP contribution is 2.72. The molecule has 4 aliphatic rings. The summed E-state index contributed by atoms with van der Waals surface area (Å²) in [6, 6.07) is 3.07. The Balaban J connectivity index is 0.00000304. The van der Waals surface area contributed by atoms with Crippen LogP contribution >= 0.6 is 23.2 Å². The van der Waals surface area contributed by atoms with Gasteiger partial charge in [-0.25, -0.2) is 4.79 Å². The van der Waals surface area contributed by atoms with E-state index in [1.165, 1.54) is 18.4 Å². The van der Waals surface area contributed by atoms with Gasteiger partial charge in [-0.2, -0.15) is 0 Å². The van der Waals surface area contributed by atoms with Gasteiger partial charge in [-0.05, 0) is 61.8 Å². The molecule has 3 fully saturated rings. The summed E-state index contributed by atoms with van der Waals surface area (Å²) in [5.41, 5.74) is -2.20. The molecule has 0 aliphatic heterocycles. The van der Waals surface area contributed by atoms with Gasteiger partial charge in [-0.3, -0.25) is 9.59 Å². The summed E-state index contributed by atoms with van der Waals surface area (Å²) in [5.74, 6) is -2.12. The highest BCUT2D eigenvalue weighted by molar-refractivity contribution is 6.29. The smallest absolute Gasteiger partial charge is 0.375 e. The van der Waals surface area contributed by atoms with Crippen molar-refractivity contribution in [3.63, 3.8) is 0 Å². The van der Waals surface area contributed by atoms with Crippen LogP contribution in [0.2, 0.25) is 0 Å². The summed E-state index contributed by atoms with van der Waals surface area (Å²) >= 11 is 13.6. The van der Waals surface area contributed by atoms with Gasteiger partial charge in [0.2, 0.25) is 5.76 Å². The van der Waals surface area contributed by atoms with Gasteiger partial charge in [0.25, 0.3) is 0 Å². The number of hydrogen-bond donors (Lipinski definition) is 1. The van der Waals surface area contributed by atoms with E-state index in [9.17, 15) is 19.5 Å². The molecule has 0 radical (unpaired) electrons. The first kappa shape index (κ1) is 27.1. The van der Waals surface area contributed by atoms with Crippen molar-refractivity contribution in [1.82, 2.24) is 0 Å². The molecule has 4 aliphatic carbocycles. The lowest BCUT2D eigenvalue weighted by molar-refractivity contribution is -0.177. The van der Waals surface area contributed by atoms with E-state index in [0.717, 1.165) is 5.57 Å². The fourth-order valence-electron chi connectivity index (χ4n) is 8.09. The van der Waals surface area contributed by atoms with Crippen LogP contribution in [0.1, 0.15) is 57.0 Å². The van der Waals surface area contributed by atoms with Crippen LogP contribution in [0, 0.1) is 28.6 Å². The molecule has 0 spiro atoms. The van der Waals surface area contributed by atoms with Gasteiger partial charge in [-0.1, -0.05) is 32.4 Å². The van der Waals surface area contributed by atoms with Crippen LogP contribution in [0.15, 0.2) is 46.6 Å². The number of alkyl halides is 2. The molecule has 9 heteroatoms. The SMILES string of the molecule is C[C@H]1C[C@@H]2[C@H]3CCC4=CC(=O)C=C[C@@]4(C)[C@]3(Cl)[C@H](O)C[C@@]2(C)[C@]1(OC(=O)c1ccco1)C(=O)CCl.O. The van der Waals surface area contributed by atoms with Crippen LogP contribution in [0.5, 0.6) is 0 Å². The molecule has 36 heavy (non-hydrogen) atoms. The Hall–Kier alpha value is -1.93. The zero-order chi connectivity index (χ0) is 25.4. The van der Waals surface area contributed by atoms with Crippen molar-refractivity contribution in [2.75, 3.05) is 5.88 Å². The van der Waals surface area contributed by atoms with E-state index in [1.54, 1.807) is 12.1 Å². The van der Waals surface area contributed by atoms with Gasteiger partial charge >= 0.3 is 5.97 Å². The number of ether oxygens (including phenoxy) is 1. The molecule has 1 aromatic heterocycles. The molecular formula is C27H32Cl2O7. The van der Waals surface area contributed by atoms with Gasteiger partial charge < -0.3 is 19.7 Å². The summed E-state index contributed by atoms with van der Waals surface area (Å²) < 4.78 is 11.3. The molecule has 196 valence electrons. The highest BCUT2D eigenvalue weighted by Gasteiger charge is 2.76. The molecule has 8 atom stereocenters. The Morgan fingerprint density at radius 1 is 1.28 bits per heavy atom. The number of hydrogen-bond acceptors (Lipinski definition) is 6. The minimum atomic E-state index is -1.53. The van der Waals surface area contributed by atoms with Gasteiger partial charge in [0, 0.05) is 16.7 Å². The topological polar surface area (TPSA) is 125 Å². The minimum absolute atomic E-state index is 0. The summed E-state index contributed by atoms with van der Waals surface area (Å²) in [5, 5.41) is 11.8. The number of carbonyl (C=O) groups is 3. The van der Waals surface area contributed by atoms with Crippen molar-refractivity contribution < 1.29 is 34.1 Å². The highest BCUT2D eigenvalue weighted by atomic mass is 35.5. The number of fused-ring (bicyclic) bond motifs is 5. The van der Waals surface area contributed by atoms with Crippen molar-refractivity contribution in [2.24, 2.45) is 28.6 Å². The molecule has 0 bridgehead atoms. The van der Waals surface area contributed by atoms with Crippen LogP contribution in [-0.2, 0) is 14.3 Å². The van der Waals surface area contributed by atoms with Crippen LogP contribution in [-0.4, -0.2) is 50.6 Å². The Morgan fingerprint density at radius 2 is 2.00 bits per heavy atom.